The minimum atomic E-state index is -0.804. The number of nitrogens with one attached hydrogen (secondary N) is 2. The van der Waals surface area contributed by atoms with Crippen molar-refractivity contribution >= 4 is 12.0 Å². The maximum atomic E-state index is 12.7. The zero-order chi connectivity index (χ0) is 32.3. The summed E-state index contributed by atoms with van der Waals surface area (Å²) in [6, 6.07) is 24.3. The fraction of sp³-hybridized carbons (Fsp3) is 0.444. The Labute approximate surface area is 271 Å². The summed E-state index contributed by atoms with van der Waals surface area (Å²) in [6.07, 6.45) is 2.56. The second kappa shape index (κ2) is 16.7. The quantitative estimate of drug-likeness (QED) is 0.238. The lowest BCUT2D eigenvalue weighted by atomic mass is 9.99. The third-order valence-corrected chi connectivity index (χ3v) is 8.69. The highest BCUT2D eigenvalue weighted by Crippen LogP contribution is 2.38. The van der Waals surface area contributed by atoms with Gasteiger partial charge in [-0.2, -0.15) is 0 Å². The van der Waals surface area contributed by atoms with Gasteiger partial charge in [-0.15, -0.1) is 0 Å². The number of methoxy groups -OCH3 is 2. The maximum absolute atomic E-state index is 12.7. The van der Waals surface area contributed by atoms with E-state index >= 15 is 0 Å². The Bertz CT molecular complexity index is 1390. The van der Waals surface area contributed by atoms with Crippen molar-refractivity contribution in [2.45, 2.75) is 69.4 Å². The normalized spacial score (nSPS) is 22.2. The molecule has 0 spiro atoms. The van der Waals surface area contributed by atoms with E-state index in [-0.39, 0.29) is 25.4 Å². The van der Waals surface area contributed by atoms with Crippen molar-refractivity contribution in [2.24, 2.45) is 0 Å². The molecule has 5 atom stereocenters. The summed E-state index contributed by atoms with van der Waals surface area (Å²) in [7, 11) is 3.06. The van der Waals surface area contributed by atoms with Crippen molar-refractivity contribution in [2.75, 3.05) is 33.9 Å². The average Bonchev–Trinajstić information content (AvgIpc) is 3.53. The highest BCUT2D eigenvalue weighted by Gasteiger charge is 2.35. The molecule has 3 aromatic rings. The second-order valence-corrected chi connectivity index (χ2v) is 11.9. The molecular weight excluding hydrogens is 586 g/mol. The van der Waals surface area contributed by atoms with Gasteiger partial charge >= 0.3 is 12.0 Å². The van der Waals surface area contributed by atoms with Crippen LogP contribution in [0.3, 0.4) is 0 Å². The predicted molar refractivity (Wildman–Crippen MR) is 173 cm³/mol. The Hall–Kier alpha value is -3.80. The van der Waals surface area contributed by atoms with Gasteiger partial charge < -0.3 is 34.7 Å². The van der Waals surface area contributed by atoms with E-state index in [1.807, 2.05) is 78.9 Å². The number of aliphatic hydroxyl groups excluding tert-OH is 1. The molecule has 10 heteroatoms. The number of carbonyl (C=O) groups is 2. The maximum Gasteiger partial charge on any atom is 0.328 e. The van der Waals surface area contributed by atoms with Crippen molar-refractivity contribution in [3.05, 3.63) is 107 Å². The monoisotopic (exact) mass is 631 g/mol. The Morgan fingerprint density at radius 2 is 1.65 bits per heavy atom. The number of aliphatic hydroxyl groups is 1. The SMILES string of the molecule is COCC1CCCN1CC1CC(c2ccc(CO)cc2)OC(c2ccc(CNC(=O)NC(Cc3ccccc3)C(=O)OC)cc2)O1. The smallest absolute Gasteiger partial charge is 0.328 e. The highest BCUT2D eigenvalue weighted by molar-refractivity contribution is 5.83. The number of esters is 1. The molecule has 2 saturated heterocycles. The van der Waals surface area contributed by atoms with Crippen LogP contribution in [-0.4, -0.2) is 74.1 Å². The van der Waals surface area contributed by atoms with E-state index in [0.29, 0.717) is 19.1 Å². The Morgan fingerprint density at radius 1 is 0.935 bits per heavy atom. The topological polar surface area (TPSA) is 119 Å². The van der Waals surface area contributed by atoms with E-state index in [1.54, 1.807) is 7.11 Å². The van der Waals surface area contributed by atoms with Gasteiger partial charge in [0.25, 0.3) is 0 Å². The number of hydrogen-bond donors (Lipinski definition) is 3. The van der Waals surface area contributed by atoms with Crippen molar-refractivity contribution in [3.8, 4) is 0 Å². The van der Waals surface area contributed by atoms with Gasteiger partial charge in [-0.25, -0.2) is 9.59 Å². The van der Waals surface area contributed by atoms with Crippen molar-refractivity contribution < 1.29 is 33.6 Å². The summed E-state index contributed by atoms with van der Waals surface area (Å²) in [5, 5.41) is 15.1. The van der Waals surface area contributed by atoms with Crippen LogP contribution in [0.5, 0.6) is 0 Å². The fourth-order valence-corrected chi connectivity index (χ4v) is 6.18. The van der Waals surface area contributed by atoms with Gasteiger partial charge in [0, 0.05) is 44.6 Å². The van der Waals surface area contributed by atoms with Gasteiger partial charge in [0.05, 0.1) is 32.5 Å². The molecule has 2 aliphatic rings. The van der Waals surface area contributed by atoms with Crippen molar-refractivity contribution in [1.82, 2.24) is 15.5 Å². The van der Waals surface area contributed by atoms with E-state index in [4.69, 9.17) is 18.9 Å². The Morgan fingerprint density at radius 3 is 2.35 bits per heavy atom. The average molecular weight is 632 g/mol. The molecule has 0 saturated carbocycles. The first-order valence-corrected chi connectivity index (χ1v) is 15.9. The van der Waals surface area contributed by atoms with E-state index in [0.717, 1.165) is 60.2 Å². The molecule has 0 aliphatic carbocycles. The summed E-state index contributed by atoms with van der Waals surface area (Å²) in [6.45, 7) is 2.81. The number of urea groups is 1. The van der Waals surface area contributed by atoms with E-state index in [2.05, 4.69) is 15.5 Å². The summed E-state index contributed by atoms with van der Waals surface area (Å²) in [5.41, 5.74) is 4.61. The Kier molecular flexibility index (Phi) is 12.2. The highest BCUT2D eigenvalue weighted by atomic mass is 16.7. The number of likely N-dealkylation sites (tertiary alicyclic amines) is 1. The van der Waals surface area contributed by atoms with Crippen LogP contribution >= 0.6 is 0 Å². The first kappa shape index (κ1) is 33.6. The third kappa shape index (κ3) is 9.14. The van der Waals surface area contributed by atoms with Gasteiger partial charge in [0.2, 0.25) is 0 Å². The minimum absolute atomic E-state index is 0.00156. The molecule has 46 heavy (non-hydrogen) atoms. The van der Waals surface area contributed by atoms with Crippen LogP contribution in [0.4, 0.5) is 4.79 Å². The summed E-state index contributed by atoms with van der Waals surface area (Å²) in [4.78, 5) is 27.5. The number of hydrogen-bond acceptors (Lipinski definition) is 8. The summed E-state index contributed by atoms with van der Waals surface area (Å²) < 4.78 is 23.4. The standard InChI is InChI=1S/C36H45N3O7/c1-43-24-30-9-6-18-39(30)22-31-20-33(28-14-12-27(23-40)13-15-28)46-35(45-31)29-16-10-26(11-17-29)21-37-36(42)38-32(34(41)44-2)19-25-7-4-3-5-8-25/h3-5,7-8,10-17,30-33,35,40H,6,9,18-24H2,1-2H3,(H2,37,38,42). The number of carbonyl (C=O) groups excluding carboxylic acids is 2. The molecule has 2 amide bonds. The van der Waals surface area contributed by atoms with Crippen LogP contribution in [0.15, 0.2) is 78.9 Å². The molecule has 3 aromatic carbocycles. The van der Waals surface area contributed by atoms with Crippen LogP contribution in [0.1, 0.15) is 59.5 Å². The van der Waals surface area contributed by atoms with Gasteiger partial charge in [0.15, 0.2) is 6.29 Å². The predicted octanol–water partition coefficient (Wildman–Crippen LogP) is 4.42. The van der Waals surface area contributed by atoms with Crippen molar-refractivity contribution in [1.29, 1.82) is 0 Å². The molecule has 5 unspecified atom stereocenters. The lowest BCUT2D eigenvalue weighted by molar-refractivity contribution is -0.253. The summed E-state index contributed by atoms with van der Waals surface area (Å²) in [5.74, 6) is -0.504. The molecule has 2 fully saturated rings. The third-order valence-electron chi connectivity index (χ3n) is 8.69. The molecule has 246 valence electrons. The molecule has 2 heterocycles. The first-order chi connectivity index (χ1) is 22.4. The number of amides is 2. The van der Waals surface area contributed by atoms with Crippen LogP contribution < -0.4 is 10.6 Å². The van der Waals surface area contributed by atoms with Gasteiger partial charge in [-0.1, -0.05) is 78.9 Å². The number of ether oxygens (including phenoxy) is 4. The zero-order valence-corrected chi connectivity index (χ0v) is 26.6. The van der Waals surface area contributed by atoms with E-state index in [9.17, 15) is 14.7 Å². The molecule has 0 aromatic heterocycles. The number of benzene rings is 3. The van der Waals surface area contributed by atoms with Crippen LogP contribution in [-0.2, 0) is 43.3 Å². The molecule has 0 bridgehead atoms. The molecule has 2 aliphatic heterocycles. The lowest BCUT2D eigenvalue weighted by Crippen LogP contribution is -2.47. The van der Waals surface area contributed by atoms with E-state index in [1.165, 1.54) is 7.11 Å². The summed E-state index contributed by atoms with van der Waals surface area (Å²) >= 11 is 0. The number of rotatable bonds is 13. The van der Waals surface area contributed by atoms with Crippen LogP contribution in [0.25, 0.3) is 0 Å². The molecule has 0 radical (unpaired) electrons. The van der Waals surface area contributed by atoms with Crippen LogP contribution in [0, 0.1) is 0 Å². The molecule has 5 rings (SSSR count). The molecule has 3 N–H and O–H groups in total. The van der Waals surface area contributed by atoms with Crippen LogP contribution in [0.2, 0.25) is 0 Å². The zero-order valence-electron chi connectivity index (χ0n) is 26.6. The Balaban J connectivity index is 1.22. The minimum Gasteiger partial charge on any atom is -0.467 e. The van der Waals surface area contributed by atoms with Crippen molar-refractivity contribution in [3.63, 3.8) is 0 Å². The largest absolute Gasteiger partial charge is 0.467 e. The molecular formula is C36H45N3O7. The fourth-order valence-electron chi connectivity index (χ4n) is 6.18. The van der Waals surface area contributed by atoms with Gasteiger partial charge in [-0.05, 0) is 41.6 Å². The lowest BCUT2D eigenvalue weighted by Gasteiger charge is -2.38. The first-order valence-electron chi connectivity index (χ1n) is 15.9. The van der Waals surface area contributed by atoms with Gasteiger partial charge in [-0.3, -0.25) is 4.90 Å². The van der Waals surface area contributed by atoms with E-state index < -0.39 is 24.3 Å². The van der Waals surface area contributed by atoms with Gasteiger partial charge in [0.1, 0.15) is 6.04 Å². The number of nitrogens with zero attached hydrogens (tertiary/aromatic N) is 1. The molecule has 10 nitrogen and oxygen atoms in total. The second-order valence-electron chi connectivity index (χ2n) is 11.9.